The number of hydrogen-bond acceptors (Lipinski definition) is 3. The van der Waals surface area contributed by atoms with Gasteiger partial charge in [-0.3, -0.25) is 10.00 Å². The van der Waals surface area contributed by atoms with Crippen LogP contribution in [0.15, 0.2) is 12.3 Å². The van der Waals surface area contributed by atoms with E-state index in [1.54, 1.807) is 6.20 Å². The number of likely N-dealkylation sites (tertiary alicyclic amines) is 1. The molecule has 2 N–H and O–H groups in total. The number of rotatable bonds is 2. The van der Waals surface area contributed by atoms with Gasteiger partial charge in [-0.05, 0) is 30.7 Å². The second-order valence-corrected chi connectivity index (χ2v) is 5.22. The van der Waals surface area contributed by atoms with Gasteiger partial charge in [-0.2, -0.15) is 5.10 Å². The molecular weight excluding hydrogens is 202 g/mol. The van der Waals surface area contributed by atoms with Crippen LogP contribution in [-0.2, 0) is 6.54 Å². The fourth-order valence-corrected chi connectivity index (χ4v) is 3.25. The maximum Gasteiger partial charge on any atom is 0.0620 e. The number of H-pyrrole nitrogens is 1. The molecule has 1 aromatic rings. The normalized spacial score (nSPS) is 35.2. The quantitative estimate of drug-likeness (QED) is 0.783. The molecule has 0 radical (unpaired) electrons. The molecule has 2 atom stereocenters. The van der Waals surface area contributed by atoms with E-state index in [0.29, 0.717) is 11.8 Å². The average molecular weight is 221 g/mol. The maximum atomic E-state index is 10.1. The van der Waals surface area contributed by atoms with Crippen molar-refractivity contribution in [2.45, 2.75) is 31.9 Å². The molecule has 2 bridgehead atoms. The van der Waals surface area contributed by atoms with E-state index >= 15 is 0 Å². The lowest BCUT2D eigenvalue weighted by Crippen LogP contribution is -2.51. The van der Waals surface area contributed by atoms with Crippen LogP contribution in [0, 0.1) is 11.8 Å². The highest BCUT2D eigenvalue weighted by molar-refractivity contribution is 4.99. The Hall–Kier alpha value is -0.870. The topological polar surface area (TPSA) is 52.1 Å². The number of fused-ring (bicyclic) bond motifs is 2. The van der Waals surface area contributed by atoms with Crippen molar-refractivity contribution in [3.8, 4) is 0 Å². The largest absolute Gasteiger partial charge is 0.392 e. The predicted molar refractivity (Wildman–Crippen MR) is 60.7 cm³/mol. The first-order chi connectivity index (χ1) is 7.83. The number of piperidine rings is 1. The molecule has 3 rings (SSSR count). The molecule has 1 aromatic heterocycles. The third-order valence-corrected chi connectivity index (χ3v) is 4.05. The molecule has 0 spiro atoms. The van der Waals surface area contributed by atoms with Gasteiger partial charge in [0, 0.05) is 31.5 Å². The van der Waals surface area contributed by atoms with E-state index in [1.807, 2.05) is 6.07 Å². The second kappa shape index (κ2) is 4.18. The molecule has 0 amide bonds. The zero-order chi connectivity index (χ0) is 11.0. The Balaban J connectivity index is 1.66. The summed E-state index contributed by atoms with van der Waals surface area (Å²) in [5.41, 5.74) is 1.18. The third-order valence-electron chi connectivity index (χ3n) is 4.05. The van der Waals surface area contributed by atoms with Gasteiger partial charge in [0.05, 0.1) is 6.10 Å². The van der Waals surface area contributed by atoms with Gasteiger partial charge in [0.25, 0.3) is 0 Å². The molecule has 1 aliphatic heterocycles. The summed E-state index contributed by atoms with van der Waals surface area (Å²) in [7, 11) is 0. The molecule has 4 heteroatoms. The lowest BCUT2D eigenvalue weighted by molar-refractivity contribution is -0.0519. The van der Waals surface area contributed by atoms with Crippen molar-refractivity contribution in [3.63, 3.8) is 0 Å². The Morgan fingerprint density at radius 3 is 2.75 bits per heavy atom. The first-order valence-corrected chi connectivity index (χ1v) is 6.21. The predicted octanol–water partition coefficient (Wildman–Crippen LogP) is 1.00. The molecule has 2 unspecified atom stereocenters. The van der Waals surface area contributed by atoms with Crippen LogP contribution >= 0.6 is 0 Å². The Kier molecular flexibility index (Phi) is 2.69. The molecular formula is C12H19N3O. The van der Waals surface area contributed by atoms with Gasteiger partial charge in [0.2, 0.25) is 0 Å². The van der Waals surface area contributed by atoms with Gasteiger partial charge in [-0.1, -0.05) is 6.42 Å². The van der Waals surface area contributed by atoms with Gasteiger partial charge in [-0.15, -0.1) is 0 Å². The Morgan fingerprint density at radius 2 is 2.12 bits per heavy atom. The van der Waals surface area contributed by atoms with Gasteiger partial charge in [0.15, 0.2) is 0 Å². The summed E-state index contributed by atoms with van der Waals surface area (Å²) in [6.45, 7) is 3.02. The van der Waals surface area contributed by atoms with Crippen molar-refractivity contribution in [1.82, 2.24) is 15.1 Å². The number of aromatic nitrogens is 2. The summed E-state index contributed by atoms with van der Waals surface area (Å²) in [5.74, 6) is 0.992. The van der Waals surface area contributed by atoms with Crippen LogP contribution in [0.1, 0.15) is 25.0 Å². The Labute approximate surface area is 95.7 Å². The number of nitrogens with zero attached hydrogens (tertiary/aromatic N) is 2. The van der Waals surface area contributed by atoms with Gasteiger partial charge in [-0.25, -0.2) is 0 Å². The van der Waals surface area contributed by atoms with Crippen molar-refractivity contribution < 1.29 is 5.11 Å². The van der Waals surface area contributed by atoms with Crippen molar-refractivity contribution >= 4 is 0 Å². The van der Waals surface area contributed by atoms with E-state index in [2.05, 4.69) is 15.1 Å². The summed E-state index contributed by atoms with van der Waals surface area (Å²) >= 11 is 0. The number of nitrogens with one attached hydrogen (secondary N) is 1. The number of aliphatic hydroxyl groups is 1. The smallest absolute Gasteiger partial charge is 0.0620 e. The molecule has 0 aromatic carbocycles. The summed E-state index contributed by atoms with van der Waals surface area (Å²) < 4.78 is 0. The van der Waals surface area contributed by atoms with Crippen LogP contribution in [0.4, 0.5) is 0 Å². The highest BCUT2D eigenvalue weighted by Gasteiger charge is 2.38. The summed E-state index contributed by atoms with van der Waals surface area (Å²) in [6, 6.07) is 2.03. The fourth-order valence-electron chi connectivity index (χ4n) is 3.25. The highest BCUT2D eigenvalue weighted by atomic mass is 16.3. The average Bonchev–Trinajstić information content (AvgIpc) is 2.72. The zero-order valence-corrected chi connectivity index (χ0v) is 9.47. The first-order valence-electron chi connectivity index (χ1n) is 6.21. The molecule has 1 saturated carbocycles. The maximum absolute atomic E-state index is 10.1. The summed E-state index contributed by atoms with van der Waals surface area (Å²) in [6.07, 6.45) is 5.43. The van der Waals surface area contributed by atoms with Crippen LogP contribution in [0.25, 0.3) is 0 Å². The van der Waals surface area contributed by atoms with Crippen molar-refractivity contribution in [1.29, 1.82) is 0 Å². The van der Waals surface area contributed by atoms with Crippen molar-refractivity contribution in [3.05, 3.63) is 18.0 Å². The van der Waals surface area contributed by atoms with E-state index in [-0.39, 0.29) is 6.10 Å². The van der Waals surface area contributed by atoms with E-state index in [9.17, 15) is 5.11 Å². The summed E-state index contributed by atoms with van der Waals surface area (Å²) in [4.78, 5) is 2.45. The lowest BCUT2D eigenvalue weighted by atomic mass is 9.75. The van der Waals surface area contributed by atoms with Crippen molar-refractivity contribution in [2.75, 3.05) is 13.1 Å². The Morgan fingerprint density at radius 1 is 1.38 bits per heavy atom. The van der Waals surface area contributed by atoms with E-state index < -0.39 is 0 Å². The van der Waals surface area contributed by atoms with Crippen LogP contribution in [0.3, 0.4) is 0 Å². The minimum Gasteiger partial charge on any atom is -0.392 e. The molecule has 2 heterocycles. The molecule has 2 fully saturated rings. The summed E-state index contributed by atoms with van der Waals surface area (Å²) in [5, 5.41) is 17.1. The molecule has 16 heavy (non-hydrogen) atoms. The molecule has 2 aliphatic rings. The minimum atomic E-state index is -0.0493. The van der Waals surface area contributed by atoms with E-state index in [0.717, 1.165) is 19.6 Å². The minimum absolute atomic E-state index is 0.0493. The first kappa shape index (κ1) is 10.3. The van der Waals surface area contributed by atoms with Crippen LogP contribution in [0.2, 0.25) is 0 Å². The molecule has 88 valence electrons. The van der Waals surface area contributed by atoms with Crippen LogP contribution < -0.4 is 0 Å². The van der Waals surface area contributed by atoms with Gasteiger partial charge < -0.3 is 5.11 Å². The number of hydrogen-bond donors (Lipinski definition) is 2. The van der Waals surface area contributed by atoms with Crippen LogP contribution in [0.5, 0.6) is 0 Å². The van der Waals surface area contributed by atoms with Gasteiger partial charge in [0.1, 0.15) is 0 Å². The van der Waals surface area contributed by atoms with Gasteiger partial charge >= 0.3 is 0 Å². The molecule has 4 nitrogen and oxygen atoms in total. The fraction of sp³-hybridized carbons (Fsp3) is 0.750. The zero-order valence-electron chi connectivity index (χ0n) is 9.47. The molecule has 1 aliphatic carbocycles. The SMILES string of the molecule is OC1C2CCCC1CN(Cc1ccn[nH]1)C2. The number of aliphatic hydroxyl groups excluding tert-OH is 1. The monoisotopic (exact) mass is 221 g/mol. The Bertz CT molecular complexity index is 324. The van der Waals surface area contributed by atoms with E-state index in [4.69, 9.17) is 0 Å². The second-order valence-electron chi connectivity index (χ2n) is 5.22. The standard InChI is InChI=1S/C12H19N3O/c16-12-9-2-1-3-10(12)7-15(6-9)8-11-4-5-13-14-11/h4-5,9-10,12,16H,1-3,6-8H2,(H,13,14). The lowest BCUT2D eigenvalue weighted by Gasteiger charge is -2.44. The van der Waals surface area contributed by atoms with E-state index in [1.165, 1.54) is 25.0 Å². The molecule has 1 saturated heterocycles. The third kappa shape index (κ3) is 1.87. The highest BCUT2D eigenvalue weighted by Crippen LogP contribution is 2.35. The van der Waals surface area contributed by atoms with Crippen molar-refractivity contribution in [2.24, 2.45) is 11.8 Å². The number of aromatic amines is 1. The van der Waals surface area contributed by atoms with Crippen LogP contribution in [-0.4, -0.2) is 39.4 Å².